The molecule has 1 saturated heterocycles. The van der Waals surface area contributed by atoms with Gasteiger partial charge >= 0.3 is 6.09 Å². The van der Waals surface area contributed by atoms with Gasteiger partial charge in [-0.1, -0.05) is 0 Å². The molecule has 2 rings (SSSR count). The molecule has 0 atom stereocenters. The first-order valence-corrected chi connectivity index (χ1v) is 11.7. The van der Waals surface area contributed by atoms with Crippen molar-refractivity contribution >= 4 is 15.9 Å². The summed E-state index contributed by atoms with van der Waals surface area (Å²) in [5, 5.41) is 3.44. The predicted octanol–water partition coefficient (Wildman–Crippen LogP) is 2.99. The molecule has 1 fully saturated rings. The second-order valence-electron chi connectivity index (χ2n) is 8.26. The van der Waals surface area contributed by atoms with E-state index in [9.17, 15) is 17.6 Å². The first kappa shape index (κ1) is 23.4. The molecule has 0 saturated carbocycles. The first-order chi connectivity index (χ1) is 13.5. The van der Waals surface area contributed by atoms with E-state index in [2.05, 4.69) is 5.32 Å². The lowest BCUT2D eigenvalue weighted by Gasteiger charge is -2.33. The van der Waals surface area contributed by atoms with Gasteiger partial charge in [0.25, 0.3) is 0 Å². The van der Waals surface area contributed by atoms with Crippen LogP contribution >= 0.6 is 0 Å². The molecule has 1 amide bonds. The number of sulfone groups is 1. The molecule has 0 bridgehead atoms. The van der Waals surface area contributed by atoms with Gasteiger partial charge in [0, 0.05) is 31.5 Å². The van der Waals surface area contributed by atoms with Crippen LogP contribution in [0, 0.1) is 5.82 Å². The van der Waals surface area contributed by atoms with E-state index >= 15 is 0 Å². The molecule has 0 aromatic heterocycles. The number of hydrogen-bond donors (Lipinski definition) is 1. The lowest BCUT2D eigenvalue weighted by Crippen LogP contribution is -2.46. The van der Waals surface area contributed by atoms with Crippen molar-refractivity contribution in [1.29, 1.82) is 0 Å². The number of benzene rings is 1. The van der Waals surface area contributed by atoms with Crippen LogP contribution in [-0.4, -0.2) is 63.6 Å². The van der Waals surface area contributed by atoms with Crippen LogP contribution in [0.2, 0.25) is 0 Å². The summed E-state index contributed by atoms with van der Waals surface area (Å²) in [6.07, 6.45) is 3.15. The third-order valence-electron chi connectivity index (χ3n) is 4.47. The van der Waals surface area contributed by atoms with Crippen molar-refractivity contribution in [3.05, 3.63) is 24.0 Å². The summed E-state index contributed by atoms with van der Waals surface area (Å²) in [5.74, 6) is -0.500. The van der Waals surface area contributed by atoms with Crippen LogP contribution in [0.3, 0.4) is 0 Å². The van der Waals surface area contributed by atoms with Gasteiger partial charge in [-0.05, 0) is 58.7 Å². The van der Waals surface area contributed by atoms with Crippen molar-refractivity contribution in [3.8, 4) is 5.75 Å². The average Bonchev–Trinajstić information content (AvgIpc) is 2.59. The van der Waals surface area contributed by atoms with Crippen LogP contribution in [0.1, 0.15) is 40.0 Å². The zero-order chi connectivity index (χ0) is 21.7. The molecule has 164 valence electrons. The van der Waals surface area contributed by atoms with E-state index in [1.54, 1.807) is 4.90 Å². The Bertz CT molecular complexity index is 800. The summed E-state index contributed by atoms with van der Waals surface area (Å²) < 4.78 is 47.6. The number of halogens is 1. The van der Waals surface area contributed by atoms with Gasteiger partial charge in [0.15, 0.2) is 9.84 Å². The minimum atomic E-state index is -3.58. The molecule has 9 heteroatoms. The third-order valence-corrected chi connectivity index (χ3v) is 5.60. The number of hydrogen-bond acceptors (Lipinski definition) is 6. The summed E-state index contributed by atoms with van der Waals surface area (Å²) in [6, 6.07) is 4.10. The van der Waals surface area contributed by atoms with E-state index in [1.807, 2.05) is 20.8 Å². The Morgan fingerprint density at radius 1 is 1.28 bits per heavy atom. The monoisotopic (exact) mass is 430 g/mol. The quantitative estimate of drug-likeness (QED) is 0.670. The molecule has 7 nitrogen and oxygen atoms in total. The van der Waals surface area contributed by atoms with Crippen molar-refractivity contribution in [3.63, 3.8) is 0 Å². The van der Waals surface area contributed by atoms with E-state index in [4.69, 9.17) is 9.47 Å². The SMILES string of the molecule is CC(C)(C)OC(=O)N1CCC(NCCCOc2ccc(S(C)(=O)=O)c(F)c2)CC1. The number of likely N-dealkylation sites (tertiary alicyclic amines) is 1. The van der Waals surface area contributed by atoms with E-state index in [1.165, 1.54) is 12.1 Å². The Morgan fingerprint density at radius 2 is 1.93 bits per heavy atom. The molecule has 0 spiro atoms. The van der Waals surface area contributed by atoms with E-state index in [0.29, 0.717) is 31.5 Å². The molecule has 1 aromatic rings. The van der Waals surface area contributed by atoms with E-state index < -0.39 is 21.3 Å². The van der Waals surface area contributed by atoms with Gasteiger partial charge in [-0.3, -0.25) is 0 Å². The lowest BCUT2D eigenvalue weighted by molar-refractivity contribution is 0.0198. The van der Waals surface area contributed by atoms with Crippen LogP contribution in [0.15, 0.2) is 23.1 Å². The van der Waals surface area contributed by atoms with Crippen LogP contribution in [0.5, 0.6) is 5.75 Å². The third kappa shape index (κ3) is 7.81. The summed E-state index contributed by atoms with van der Waals surface area (Å²) in [6.45, 7) is 8.02. The molecular formula is C20H31FN2O5S. The van der Waals surface area contributed by atoms with Gasteiger partial charge in [-0.2, -0.15) is 0 Å². The highest BCUT2D eigenvalue weighted by Crippen LogP contribution is 2.20. The number of ether oxygens (including phenoxy) is 2. The highest BCUT2D eigenvalue weighted by Gasteiger charge is 2.26. The van der Waals surface area contributed by atoms with Crippen molar-refractivity contribution in [2.75, 3.05) is 32.5 Å². The van der Waals surface area contributed by atoms with Gasteiger partial charge in [0.2, 0.25) is 0 Å². The van der Waals surface area contributed by atoms with Crippen LogP contribution in [0.4, 0.5) is 9.18 Å². The fourth-order valence-electron chi connectivity index (χ4n) is 3.03. The molecule has 1 aromatic carbocycles. The maximum atomic E-state index is 13.8. The highest BCUT2D eigenvalue weighted by molar-refractivity contribution is 7.90. The van der Waals surface area contributed by atoms with Crippen molar-refractivity contribution in [2.24, 2.45) is 0 Å². The minimum absolute atomic E-state index is 0.265. The molecular weight excluding hydrogens is 399 g/mol. The molecule has 0 unspecified atom stereocenters. The number of carbonyl (C=O) groups excluding carboxylic acids is 1. The molecule has 0 aliphatic carbocycles. The van der Waals surface area contributed by atoms with Gasteiger partial charge in [-0.15, -0.1) is 0 Å². The summed E-state index contributed by atoms with van der Waals surface area (Å²) in [7, 11) is -3.58. The number of amides is 1. The van der Waals surface area contributed by atoms with Crippen LogP contribution in [-0.2, 0) is 14.6 Å². The summed E-state index contributed by atoms with van der Waals surface area (Å²) >= 11 is 0. The molecule has 1 heterocycles. The average molecular weight is 431 g/mol. The number of nitrogens with one attached hydrogen (secondary N) is 1. The largest absolute Gasteiger partial charge is 0.493 e. The Kier molecular flexibility index (Phi) is 7.87. The number of piperidine rings is 1. The fraction of sp³-hybridized carbons (Fsp3) is 0.650. The molecule has 0 radical (unpaired) electrons. The number of rotatable bonds is 7. The van der Waals surface area contributed by atoms with Gasteiger partial charge in [0.1, 0.15) is 22.1 Å². The predicted molar refractivity (Wildman–Crippen MR) is 108 cm³/mol. The standard InChI is InChI=1S/C20H31FN2O5S/c1-20(2,3)28-19(24)23-11-8-15(9-12-23)22-10-5-13-27-16-6-7-18(17(21)14-16)29(4,25)26/h6-7,14-15,22H,5,8-13H2,1-4H3. The maximum absolute atomic E-state index is 13.8. The van der Waals surface area contributed by atoms with Crippen molar-refractivity contribution < 1.29 is 27.1 Å². The normalized spacial score (nSPS) is 16.0. The Hall–Kier alpha value is -1.87. The second kappa shape index (κ2) is 9.75. The minimum Gasteiger partial charge on any atom is -0.493 e. The van der Waals surface area contributed by atoms with Crippen LogP contribution in [0.25, 0.3) is 0 Å². The van der Waals surface area contributed by atoms with Crippen molar-refractivity contribution in [1.82, 2.24) is 10.2 Å². The topological polar surface area (TPSA) is 84.9 Å². The highest BCUT2D eigenvalue weighted by atomic mass is 32.2. The van der Waals surface area contributed by atoms with Gasteiger partial charge in [0.05, 0.1) is 6.61 Å². The second-order valence-corrected chi connectivity index (χ2v) is 10.2. The number of nitrogens with zero attached hydrogens (tertiary/aromatic N) is 1. The molecule has 1 aliphatic rings. The summed E-state index contributed by atoms with van der Waals surface area (Å²) in [5.41, 5.74) is -0.486. The first-order valence-electron chi connectivity index (χ1n) is 9.79. The van der Waals surface area contributed by atoms with E-state index in [0.717, 1.165) is 38.1 Å². The van der Waals surface area contributed by atoms with Crippen LogP contribution < -0.4 is 10.1 Å². The smallest absolute Gasteiger partial charge is 0.410 e. The Balaban J connectivity index is 1.64. The fourth-order valence-corrected chi connectivity index (χ4v) is 3.76. The lowest BCUT2D eigenvalue weighted by atomic mass is 10.1. The van der Waals surface area contributed by atoms with Gasteiger partial charge < -0.3 is 19.7 Å². The Morgan fingerprint density at radius 3 is 2.48 bits per heavy atom. The molecule has 29 heavy (non-hydrogen) atoms. The van der Waals surface area contributed by atoms with Crippen molar-refractivity contribution in [2.45, 2.75) is 56.6 Å². The zero-order valence-electron chi connectivity index (χ0n) is 17.5. The molecule has 1 aliphatic heterocycles. The summed E-state index contributed by atoms with van der Waals surface area (Å²) in [4.78, 5) is 13.5. The van der Waals surface area contributed by atoms with Gasteiger partial charge in [-0.25, -0.2) is 17.6 Å². The molecule has 1 N–H and O–H groups in total. The number of carbonyl (C=O) groups is 1. The maximum Gasteiger partial charge on any atom is 0.410 e. The zero-order valence-corrected chi connectivity index (χ0v) is 18.4. The Labute approximate surface area is 172 Å². The van der Waals surface area contributed by atoms with E-state index in [-0.39, 0.29) is 11.0 Å².